The van der Waals surface area contributed by atoms with Crippen LogP contribution in [0, 0.1) is 0 Å². The number of hydrogen-bond acceptors (Lipinski definition) is 5. The highest BCUT2D eigenvalue weighted by molar-refractivity contribution is 4.93. The maximum Gasteiger partial charge on any atom is 0.155 e. The second-order valence-electron chi connectivity index (χ2n) is 15.1. The van der Waals surface area contributed by atoms with Gasteiger partial charge in [-0.25, -0.2) is 0 Å². The van der Waals surface area contributed by atoms with Crippen LogP contribution in [0.1, 0.15) is 195 Å². The third-order valence-corrected chi connectivity index (χ3v) is 9.96. The number of ether oxygens (including phenoxy) is 4. The molecule has 5 heteroatoms. The van der Waals surface area contributed by atoms with E-state index in [0.29, 0.717) is 6.61 Å². The number of hydrogen-bond donors (Lipinski definition) is 0. The Hall–Kier alpha value is -1.24. The minimum Gasteiger partial charge on any atom is -0.353 e. The Balaban J connectivity index is 2.05. The lowest BCUT2D eigenvalue weighted by Gasteiger charge is -2.27. The van der Waals surface area contributed by atoms with Crippen molar-refractivity contribution < 1.29 is 18.9 Å². The van der Waals surface area contributed by atoms with Crippen LogP contribution in [0.15, 0.2) is 48.6 Å². The first kappa shape index (κ1) is 48.8. The maximum absolute atomic E-state index is 6.37. The molecule has 0 aromatic heterocycles. The van der Waals surface area contributed by atoms with E-state index in [1.165, 1.54) is 141 Å². The van der Waals surface area contributed by atoms with Gasteiger partial charge < -0.3 is 23.8 Å². The van der Waals surface area contributed by atoms with Crippen molar-refractivity contribution in [2.75, 3.05) is 39.5 Å². The van der Waals surface area contributed by atoms with E-state index in [9.17, 15) is 0 Å². The molecule has 52 heavy (non-hydrogen) atoms. The van der Waals surface area contributed by atoms with E-state index in [1.807, 2.05) is 13.8 Å². The van der Waals surface area contributed by atoms with Crippen molar-refractivity contribution in [1.82, 2.24) is 4.90 Å². The lowest BCUT2D eigenvalue weighted by Crippen LogP contribution is -2.38. The molecule has 0 aromatic rings. The van der Waals surface area contributed by atoms with Gasteiger partial charge in [-0.05, 0) is 117 Å². The molecule has 1 aliphatic rings. The van der Waals surface area contributed by atoms with E-state index in [4.69, 9.17) is 18.9 Å². The summed E-state index contributed by atoms with van der Waals surface area (Å²) in [5.41, 5.74) is 0. The molecule has 1 heterocycles. The van der Waals surface area contributed by atoms with E-state index in [0.717, 1.165) is 58.5 Å². The van der Waals surface area contributed by atoms with Gasteiger partial charge in [0, 0.05) is 19.8 Å². The fourth-order valence-corrected chi connectivity index (χ4v) is 6.67. The maximum atomic E-state index is 6.37. The highest BCUT2D eigenvalue weighted by Gasteiger charge is 2.21. The molecule has 0 spiro atoms. The molecule has 0 saturated carbocycles. The Labute approximate surface area is 324 Å². The van der Waals surface area contributed by atoms with E-state index < -0.39 is 0 Å². The highest BCUT2D eigenvalue weighted by Crippen LogP contribution is 2.14. The first-order chi connectivity index (χ1) is 25.7. The van der Waals surface area contributed by atoms with E-state index >= 15 is 0 Å². The molecule has 304 valence electrons. The lowest BCUT2D eigenvalue weighted by molar-refractivity contribution is -0.201. The SMILES string of the molecule is CCCCC/C=C\C/C=C\CCCCCCCCOC(C)OCC(CN1CCCC1)OC(C)OCCCCCCCC/C=C\C/C=C\CCCCC. The Morgan fingerprint density at radius 2 is 0.865 bits per heavy atom. The van der Waals surface area contributed by atoms with Crippen molar-refractivity contribution in [3.8, 4) is 0 Å². The van der Waals surface area contributed by atoms with Gasteiger partial charge in [0.25, 0.3) is 0 Å². The van der Waals surface area contributed by atoms with Gasteiger partial charge in [-0.3, -0.25) is 0 Å². The van der Waals surface area contributed by atoms with Crippen molar-refractivity contribution >= 4 is 0 Å². The summed E-state index contributed by atoms with van der Waals surface area (Å²) < 4.78 is 24.6. The zero-order valence-electron chi connectivity index (χ0n) is 35.1. The lowest BCUT2D eigenvalue weighted by atomic mass is 10.1. The molecular formula is C47H87NO4. The van der Waals surface area contributed by atoms with Gasteiger partial charge in [-0.15, -0.1) is 0 Å². The fraction of sp³-hybridized carbons (Fsp3) is 0.830. The van der Waals surface area contributed by atoms with Gasteiger partial charge >= 0.3 is 0 Å². The number of nitrogens with zero attached hydrogens (tertiary/aromatic N) is 1. The molecule has 0 radical (unpaired) electrons. The molecule has 0 N–H and O–H groups in total. The van der Waals surface area contributed by atoms with Crippen LogP contribution < -0.4 is 0 Å². The topological polar surface area (TPSA) is 40.2 Å². The highest BCUT2D eigenvalue weighted by atomic mass is 16.7. The minimum absolute atomic E-state index is 0.00289. The number of allylic oxidation sites excluding steroid dienone is 8. The molecule has 1 aliphatic heterocycles. The summed E-state index contributed by atoms with van der Waals surface area (Å²) in [7, 11) is 0. The van der Waals surface area contributed by atoms with Gasteiger partial charge in [0.05, 0.1) is 12.7 Å². The van der Waals surface area contributed by atoms with Crippen molar-refractivity contribution in [1.29, 1.82) is 0 Å². The Morgan fingerprint density at radius 1 is 0.462 bits per heavy atom. The van der Waals surface area contributed by atoms with Crippen LogP contribution in [0.5, 0.6) is 0 Å². The molecule has 1 saturated heterocycles. The summed E-state index contributed by atoms with van der Waals surface area (Å²) in [6.07, 6.45) is 51.0. The molecule has 5 nitrogen and oxygen atoms in total. The number of likely N-dealkylation sites (tertiary alicyclic amines) is 1. The number of rotatable bonds is 39. The van der Waals surface area contributed by atoms with E-state index in [2.05, 4.69) is 67.4 Å². The Morgan fingerprint density at radius 3 is 1.33 bits per heavy atom. The summed E-state index contributed by atoms with van der Waals surface area (Å²) in [4.78, 5) is 2.50. The zero-order chi connectivity index (χ0) is 37.4. The van der Waals surface area contributed by atoms with Crippen molar-refractivity contribution in [3.63, 3.8) is 0 Å². The second-order valence-corrected chi connectivity index (χ2v) is 15.1. The van der Waals surface area contributed by atoms with Gasteiger partial charge in [-0.1, -0.05) is 140 Å². The largest absolute Gasteiger partial charge is 0.353 e. The minimum atomic E-state index is -0.219. The van der Waals surface area contributed by atoms with Gasteiger partial charge in [-0.2, -0.15) is 0 Å². The van der Waals surface area contributed by atoms with Crippen LogP contribution in [-0.4, -0.2) is 63.0 Å². The molecule has 0 aromatic carbocycles. The third-order valence-electron chi connectivity index (χ3n) is 9.96. The molecule has 1 rings (SSSR count). The van der Waals surface area contributed by atoms with E-state index in [1.54, 1.807) is 0 Å². The molecule has 0 aliphatic carbocycles. The van der Waals surface area contributed by atoms with Crippen LogP contribution in [0.4, 0.5) is 0 Å². The second kappa shape index (κ2) is 39.5. The number of unbranched alkanes of at least 4 members (excludes halogenated alkanes) is 18. The fourth-order valence-electron chi connectivity index (χ4n) is 6.67. The van der Waals surface area contributed by atoms with Crippen LogP contribution in [0.25, 0.3) is 0 Å². The molecule has 3 atom stereocenters. The van der Waals surface area contributed by atoms with Gasteiger partial charge in [0.15, 0.2) is 12.6 Å². The Kier molecular flexibility index (Phi) is 37.0. The zero-order valence-corrected chi connectivity index (χ0v) is 35.1. The Bertz CT molecular complexity index is 833. The molecule has 0 amide bonds. The monoisotopic (exact) mass is 730 g/mol. The first-order valence-electron chi connectivity index (χ1n) is 22.5. The summed E-state index contributed by atoms with van der Waals surface area (Å²) in [6.45, 7) is 13.9. The standard InChI is InChI=1S/C47H87NO4/c1-5-7-9-11-13-15-17-19-21-23-25-27-29-31-33-37-41-49-45(3)51-44-47(43-48-39-35-36-40-48)52-46(4)50-42-38-34-32-30-28-26-24-22-20-18-16-14-12-10-8-6-2/h13-16,19-22,45-47H,5-12,17-18,23-44H2,1-4H3/b15-13-,16-14-,21-19-,22-20-. The summed E-state index contributed by atoms with van der Waals surface area (Å²) in [5.74, 6) is 0. The predicted molar refractivity (Wildman–Crippen MR) is 226 cm³/mol. The average Bonchev–Trinajstić information content (AvgIpc) is 3.66. The van der Waals surface area contributed by atoms with Gasteiger partial charge in [0.1, 0.15) is 0 Å². The van der Waals surface area contributed by atoms with Crippen molar-refractivity contribution in [2.45, 2.75) is 213 Å². The first-order valence-corrected chi connectivity index (χ1v) is 22.5. The summed E-state index contributed by atoms with van der Waals surface area (Å²) >= 11 is 0. The quantitative estimate of drug-likeness (QED) is 0.0358. The molecule has 3 unspecified atom stereocenters. The molecule has 1 fully saturated rings. The van der Waals surface area contributed by atoms with Crippen LogP contribution in [0.3, 0.4) is 0 Å². The average molecular weight is 730 g/mol. The molecular weight excluding hydrogens is 643 g/mol. The van der Waals surface area contributed by atoms with Crippen molar-refractivity contribution in [3.05, 3.63) is 48.6 Å². The van der Waals surface area contributed by atoms with Crippen LogP contribution in [0.2, 0.25) is 0 Å². The van der Waals surface area contributed by atoms with Crippen LogP contribution >= 0.6 is 0 Å². The van der Waals surface area contributed by atoms with Gasteiger partial charge in [0.2, 0.25) is 0 Å². The smallest absolute Gasteiger partial charge is 0.155 e. The summed E-state index contributed by atoms with van der Waals surface area (Å²) in [6, 6.07) is 0. The normalized spacial score (nSPS) is 16.1. The predicted octanol–water partition coefficient (Wildman–Crippen LogP) is 13.8. The molecule has 0 bridgehead atoms. The summed E-state index contributed by atoms with van der Waals surface area (Å²) in [5, 5.41) is 0. The third kappa shape index (κ3) is 34.5. The van der Waals surface area contributed by atoms with Crippen molar-refractivity contribution in [2.24, 2.45) is 0 Å². The van der Waals surface area contributed by atoms with E-state index in [-0.39, 0.29) is 18.7 Å². The van der Waals surface area contributed by atoms with Crippen LogP contribution in [-0.2, 0) is 18.9 Å².